The van der Waals surface area contributed by atoms with Crippen LogP contribution in [0.4, 0.5) is 0 Å². The Morgan fingerprint density at radius 3 is 2.29 bits per heavy atom. The van der Waals surface area contributed by atoms with Crippen LogP contribution in [0.2, 0.25) is 0 Å². The van der Waals surface area contributed by atoms with Crippen molar-refractivity contribution in [3.8, 4) is 5.69 Å². The first-order valence-electron chi connectivity index (χ1n) is 8.02. The molecule has 24 heavy (non-hydrogen) atoms. The molecular weight excluding hydrogens is 298 g/mol. The van der Waals surface area contributed by atoms with Gasteiger partial charge in [-0.1, -0.05) is 6.07 Å². The van der Waals surface area contributed by atoms with Gasteiger partial charge in [0.15, 0.2) is 0 Å². The number of pyridine rings is 1. The van der Waals surface area contributed by atoms with Gasteiger partial charge in [-0.25, -0.2) is 0 Å². The molecule has 3 rings (SSSR count). The van der Waals surface area contributed by atoms with Crippen LogP contribution in [-0.2, 0) is 0 Å². The lowest BCUT2D eigenvalue weighted by Gasteiger charge is -2.14. The van der Waals surface area contributed by atoms with Gasteiger partial charge in [0.05, 0.1) is 6.04 Å². The van der Waals surface area contributed by atoms with Crippen molar-refractivity contribution in [1.82, 2.24) is 14.9 Å². The lowest BCUT2D eigenvalue weighted by molar-refractivity contribution is 0.0940. The Bertz CT molecular complexity index is 816. The van der Waals surface area contributed by atoms with Gasteiger partial charge in [0, 0.05) is 35.0 Å². The molecule has 1 N–H and O–H groups in total. The monoisotopic (exact) mass is 319 g/mol. The van der Waals surface area contributed by atoms with Crippen molar-refractivity contribution in [3.63, 3.8) is 0 Å². The highest BCUT2D eigenvalue weighted by molar-refractivity contribution is 5.94. The van der Waals surface area contributed by atoms with Crippen LogP contribution in [0.25, 0.3) is 5.69 Å². The number of aryl methyl sites for hydroxylation is 2. The average molecular weight is 319 g/mol. The molecule has 0 aliphatic carbocycles. The zero-order valence-electron chi connectivity index (χ0n) is 14.2. The third-order valence-corrected chi connectivity index (χ3v) is 4.19. The number of hydrogen-bond acceptors (Lipinski definition) is 2. The summed E-state index contributed by atoms with van der Waals surface area (Å²) in [6.45, 7) is 6.10. The van der Waals surface area contributed by atoms with Crippen LogP contribution in [0.5, 0.6) is 0 Å². The van der Waals surface area contributed by atoms with Crippen LogP contribution in [-0.4, -0.2) is 15.5 Å². The van der Waals surface area contributed by atoms with E-state index in [2.05, 4.69) is 40.8 Å². The summed E-state index contributed by atoms with van der Waals surface area (Å²) in [5, 5.41) is 3.00. The molecule has 0 aliphatic rings. The van der Waals surface area contributed by atoms with Crippen molar-refractivity contribution < 1.29 is 4.79 Å². The summed E-state index contributed by atoms with van der Waals surface area (Å²) in [6, 6.07) is 15.6. The van der Waals surface area contributed by atoms with E-state index in [9.17, 15) is 4.79 Å². The number of carbonyl (C=O) groups excluding carboxylic acids is 1. The molecule has 3 aromatic rings. The molecule has 1 atom stereocenters. The number of amides is 1. The molecule has 0 saturated heterocycles. The van der Waals surface area contributed by atoms with Crippen molar-refractivity contribution in [1.29, 1.82) is 0 Å². The van der Waals surface area contributed by atoms with Crippen molar-refractivity contribution in [3.05, 3.63) is 83.4 Å². The molecule has 0 saturated carbocycles. The predicted molar refractivity (Wildman–Crippen MR) is 95.4 cm³/mol. The SMILES string of the molecule is Cc1ccc(C)n1-c1ccc(C(=O)NC(C)c2cccnc2)cc1. The fraction of sp³-hybridized carbons (Fsp3) is 0.200. The zero-order chi connectivity index (χ0) is 17.1. The van der Waals surface area contributed by atoms with Gasteiger partial charge in [-0.3, -0.25) is 9.78 Å². The van der Waals surface area contributed by atoms with Crippen molar-refractivity contribution in [2.75, 3.05) is 0 Å². The van der Waals surface area contributed by atoms with E-state index in [-0.39, 0.29) is 11.9 Å². The molecule has 4 nitrogen and oxygen atoms in total. The molecule has 1 unspecified atom stereocenters. The van der Waals surface area contributed by atoms with Gasteiger partial charge in [-0.15, -0.1) is 0 Å². The molecule has 0 spiro atoms. The standard InChI is InChI=1S/C20H21N3O/c1-14-6-7-15(2)23(14)19-10-8-17(9-11-19)20(24)22-16(3)18-5-4-12-21-13-18/h4-13,16H,1-3H3,(H,22,24). The second kappa shape index (κ2) is 6.71. The molecule has 1 amide bonds. The van der Waals surface area contributed by atoms with E-state index in [1.54, 1.807) is 12.4 Å². The molecule has 4 heteroatoms. The predicted octanol–water partition coefficient (Wildman–Crippen LogP) is 3.98. The third-order valence-electron chi connectivity index (χ3n) is 4.19. The Labute approximate surface area is 142 Å². The number of nitrogens with one attached hydrogen (secondary N) is 1. The highest BCUT2D eigenvalue weighted by Crippen LogP contribution is 2.17. The van der Waals surface area contributed by atoms with Crippen LogP contribution in [0.1, 0.15) is 40.3 Å². The fourth-order valence-corrected chi connectivity index (χ4v) is 2.83. The summed E-state index contributed by atoms with van der Waals surface area (Å²) in [4.78, 5) is 16.5. The van der Waals surface area contributed by atoms with E-state index in [1.165, 1.54) is 11.4 Å². The van der Waals surface area contributed by atoms with Gasteiger partial charge in [0.1, 0.15) is 0 Å². The summed E-state index contributed by atoms with van der Waals surface area (Å²) >= 11 is 0. The summed E-state index contributed by atoms with van der Waals surface area (Å²) in [5.74, 6) is -0.0844. The van der Waals surface area contributed by atoms with Crippen molar-refractivity contribution in [2.24, 2.45) is 0 Å². The molecule has 0 radical (unpaired) electrons. The highest BCUT2D eigenvalue weighted by Gasteiger charge is 2.12. The second-order valence-corrected chi connectivity index (χ2v) is 5.98. The quantitative estimate of drug-likeness (QED) is 0.790. The third kappa shape index (κ3) is 3.23. The fourth-order valence-electron chi connectivity index (χ4n) is 2.83. The number of aromatic nitrogens is 2. The van der Waals surface area contributed by atoms with Gasteiger partial charge in [0.25, 0.3) is 5.91 Å². The van der Waals surface area contributed by atoms with E-state index < -0.39 is 0 Å². The lowest BCUT2D eigenvalue weighted by atomic mass is 10.1. The Morgan fingerprint density at radius 1 is 1.04 bits per heavy atom. The number of hydrogen-bond donors (Lipinski definition) is 1. The normalized spacial score (nSPS) is 12.0. The summed E-state index contributed by atoms with van der Waals surface area (Å²) in [6.07, 6.45) is 3.49. The Hall–Kier alpha value is -2.88. The Morgan fingerprint density at radius 2 is 1.71 bits per heavy atom. The molecule has 0 bridgehead atoms. The van der Waals surface area contributed by atoms with Crippen LogP contribution in [0.15, 0.2) is 60.9 Å². The van der Waals surface area contributed by atoms with Gasteiger partial charge in [-0.2, -0.15) is 0 Å². The van der Waals surface area contributed by atoms with Crippen LogP contribution in [0.3, 0.4) is 0 Å². The molecule has 2 heterocycles. The minimum Gasteiger partial charge on any atom is -0.345 e. The lowest BCUT2D eigenvalue weighted by Crippen LogP contribution is -2.26. The Kier molecular flexibility index (Phi) is 4.47. The van der Waals surface area contributed by atoms with Crippen molar-refractivity contribution in [2.45, 2.75) is 26.8 Å². The summed E-state index contributed by atoms with van der Waals surface area (Å²) in [7, 11) is 0. The summed E-state index contributed by atoms with van der Waals surface area (Å²) in [5.41, 5.74) is 5.05. The van der Waals surface area contributed by atoms with Crippen molar-refractivity contribution >= 4 is 5.91 Å². The van der Waals surface area contributed by atoms with Gasteiger partial charge >= 0.3 is 0 Å². The number of nitrogens with zero attached hydrogens (tertiary/aromatic N) is 2. The zero-order valence-corrected chi connectivity index (χ0v) is 14.2. The van der Waals surface area contributed by atoms with Gasteiger partial charge in [0.2, 0.25) is 0 Å². The van der Waals surface area contributed by atoms with E-state index >= 15 is 0 Å². The number of benzene rings is 1. The largest absolute Gasteiger partial charge is 0.345 e. The number of carbonyl (C=O) groups is 1. The first kappa shape index (κ1) is 16.0. The van der Waals surface area contributed by atoms with Crippen LogP contribution >= 0.6 is 0 Å². The van der Waals surface area contributed by atoms with Crippen LogP contribution in [0, 0.1) is 13.8 Å². The maximum atomic E-state index is 12.4. The minimum absolute atomic E-state index is 0.0835. The molecule has 0 aliphatic heterocycles. The van der Waals surface area contributed by atoms with E-state index in [4.69, 9.17) is 0 Å². The smallest absolute Gasteiger partial charge is 0.251 e. The van der Waals surface area contributed by atoms with Gasteiger partial charge < -0.3 is 9.88 Å². The van der Waals surface area contributed by atoms with Crippen LogP contribution < -0.4 is 5.32 Å². The first-order valence-corrected chi connectivity index (χ1v) is 8.02. The molecule has 122 valence electrons. The maximum absolute atomic E-state index is 12.4. The minimum atomic E-state index is -0.0844. The number of rotatable bonds is 4. The first-order chi connectivity index (χ1) is 11.6. The molecule has 2 aromatic heterocycles. The Balaban J connectivity index is 1.75. The van der Waals surface area contributed by atoms with Gasteiger partial charge in [-0.05, 0) is 68.8 Å². The summed E-state index contributed by atoms with van der Waals surface area (Å²) < 4.78 is 2.17. The van der Waals surface area contributed by atoms with E-state index in [1.807, 2.05) is 43.3 Å². The topological polar surface area (TPSA) is 46.9 Å². The van der Waals surface area contributed by atoms with E-state index in [0.29, 0.717) is 5.56 Å². The average Bonchev–Trinajstić information content (AvgIpc) is 2.94. The maximum Gasteiger partial charge on any atom is 0.251 e. The van der Waals surface area contributed by atoms with E-state index in [0.717, 1.165) is 11.3 Å². The second-order valence-electron chi connectivity index (χ2n) is 5.98. The molecule has 1 aromatic carbocycles. The molecular formula is C20H21N3O. The highest BCUT2D eigenvalue weighted by atomic mass is 16.1. The molecule has 0 fully saturated rings.